The maximum Gasteiger partial charge on any atom is 0.324 e. The molecule has 1 saturated heterocycles. The lowest BCUT2D eigenvalue weighted by Crippen LogP contribution is -2.53. The molecule has 1 aromatic heterocycles. The minimum absolute atomic E-state index is 0. The first-order chi connectivity index (χ1) is 9.90. The van der Waals surface area contributed by atoms with Crippen LogP contribution in [-0.2, 0) is 4.79 Å². The molecule has 1 aliphatic heterocycles. The molecule has 10 heteroatoms. The predicted octanol–water partition coefficient (Wildman–Crippen LogP) is 0.710. The molecular weight excluding hydrogens is 332 g/mol. The Morgan fingerprint density at radius 2 is 1.82 bits per heavy atom. The number of hydrogen-bond donors (Lipinski definition) is 1. The molecule has 0 saturated carbocycles. The number of nitro groups is 1. The summed E-state index contributed by atoms with van der Waals surface area (Å²) in [6, 6.07) is 2.24. The quantitative estimate of drug-likeness (QED) is 0.639. The Kier molecular flexibility index (Phi) is 6.27. The molecule has 0 aliphatic carbocycles. The van der Waals surface area contributed by atoms with Gasteiger partial charge in [-0.1, -0.05) is 11.3 Å². The molecule has 122 valence electrons. The third-order valence-electron chi connectivity index (χ3n) is 3.25. The van der Waals surface area contributed by atoms with Crippen molar-refractivity contribution < 1.29 is 14.5 Å². The van der Waals surface area contributed by atoms with Gasteiger partial charge in [-0.3, -0.25) is 19.7 Å². The van der Waals surface area contributed by atoms with Crippen LogP contribution in [0.5, 0.6) is 0 Å². The summed E-state index contributed by atoms with van der Waals surface area (Å²) in [5.74, 6) is -0.366. The topological polar surface area (TPSA) is 110 Å². The highest BCUT2D eigenvalue weighted by Crippen LogP contribution is 2.25. The van der Waals surface area contributed by atoms with Gasteiger partial charge < -0.3 is 15.5 Å². The SMILES string of the molecule is C[C@@H](N)C(=O)N1CCN(C(=O)c2ccc([N+](=O)[O-])s2)CC1.Cl. The highest BCUT2D eigenvalue weighted by Gasteiger charge is 2.27. The van der Waals surface area contributed by atoms with Gasteiger partial charge in [0.15, 0.2) is 0 Å². The van der Waals surface area contributed by atoms with Crippen LogP contribution in [0.4, 0.5) is 5.00 Å². The number of hydrogen-bond acceptors (Lipinski definition) is 6. The van der Waals surface area contributed by atoms with Crippen LogP contribution < -0.4 is 5.73 Å². The Morgan fingerprint density at radius 3 is 2.27 bits per heavy atom. The van der Waals surface area contributed by atoms with E-state index in [0.29, 0.717) is 31.1 Å². The largest absolute Gasteiger partial charge is 0.338 e. The van der Waals surface area contributed by atoms with Gasteiger partial charge in [-0.05, 0) is 13.0 Å². The van der Waals surface area contributed by atoms with Crippen molar-refractivity contribution in [3.8, 4) is 0 Å². The van der Waals surface area contributed by atoms with Crippen molar-refractivity contribution in [2.45, 2.75) is 13.0 Å². The summed E-state index contributed by atoms with van der Waals surface area (Å²) in [6.07, 6.45) is 0. The molecule has 0 radical (unpaired) electrons. The number of nitrogens with zero attached hydrogens (tertiary/aromatic N) is 3. The molecule has 1 aliphatic rings. The van der Waals surface area contributed by atoms with Crippen molar-refractivity contribution in [1.82, 2.24) is 9.80 Å². The van der Waals surface area contributed by atoms with E-state index in [1.54, 1.807) is 16.7 Å². The number of thiophene rings is 1. The predicted molar refractivity (Wildman–Crippen MR) is 84.4 cm³/mol. The molecule has 22 heavy (non-hydrogen) atoms. The zero-order valence-electron chi connectivity index (χ0n) is 11.9. The van der Waals surface area contributed by atoms with Crippen LogP contribution in [0.1, 0.15) is 16.6 Å². The Balaban J connectivity index is 0.00000242. The lowest BCUT2D eigenvalue weighted by molar-refractivity contribution is -0.380. The van der Waals surface area contributed by atoms with E-state index in [9.17, 15) is 19.7 Å². The van der Waals surface area contributed by atoms with E-state index in [2.05, 4.69) is 0 Å². The Morgan fingerprint density at radius 1 is 1.27 bits per heavy atom. The van der Waals surface area contributed by atoms with Crippen molar-refractivity contribution in [2.24, 2.45) is 5.73 Å². The second-order valence-electron chi connectivity index (χ2n) is 4.80. The van der Waals surface area contributed by atoms with Crippen molar-refractivity contribution in [3.05, 3.63) is 27.1 Å². The lowest BCUT2D eigenvalue weighted by atomic mass is 10.2. The van der Waals surface area contributed by atoms with Crippen LogP contribution >= 0.6 is 23.7 Å². The first kappa shape index (κ1) is 18.3. The van der Waals surface area contributed by atoms with E-state index in [0.717, 1.165) is 11.3 Å². The summed E-state index contributed by atoms with van der Waals surface area (Å²) >= 11 is 0.864. The molecule has 2 heterocycles. The number of carbonyl (C=O) groups is 2. The van der Waals surface area contributed by atoms with E-state index >= 15 is 0 Å². The third kappa shape index (κ3) is 3.93. The summed E-state index contributed by atoms with van der Waals surface area (Å²) in [5, 5.41) is 10.6. The first-order valence-corrected chi connectivity index (χ1v) is 7.29. The monoisotopic (exact) mass is 348 g/mol. The molecule has 0 bridgehead atoms. The van der Waals surface area contributed by atoms with E-state index in [-0.39, 0.29) is 29.2 Å². The van der Waals surface area contributed by atoms with Crippen LogP contribution in [0.15, 0.2) is 12.1 Å². The zero-order valence-corrected chi connectivity index (χ0v) is 13.6. The average Bonchev–Trinajstić information content (AvgIpc) is 2.96. The molecular formula is C12H17ClN4O4S. The van der Waals surface area contributed by atoms with Crippen LogP contribution in [0, 0.1) is 10.1 Å². The van der Waals surface area contributed by atoms with Crippen LogP contribution in [0.3, 0.4) is 0 Å². The second-order valence-corrected chi connectivity index (χ2v) is 5.86. The van der Waals surface area contributed by atoms with E-state index in [1.165, 1.54) is 12.1 Å². The van der Waals surface area contributed by atoms with Crippen molar-refractivity contribution in [2.75, 3.05) is 26.2 Å². The Labute approximate surface area is 137 Å². The van der Waals surface area contributed by atoms with Gasteiger partial charge in [0, 0.05) is 32.2 Å². The molecule has 1 atom stereocenters. The van der Waals surface area contributed by atoms with Gasteiger partial charge in [0.05, 0.1) is 15.8 Å². The maximum absolute atomic E-state index is 12.2. The standard InChI is InChI=1S/C12H16N4O4S.ClH/c1-8(13)11(17)14-4-6-15(7-5-14)12(18)9-2-3-10(21-9)16(19)20;/h2-3,8H,4-7,13H2,1H3;1H/t8-;/m1./s1. The van der Waals surface area contributed by atoms with Crippen molar-refractivity contribution in [1.29, 1.82) is 0 Å². The van der Waals surface area contributed by atoms with Crippen molar-refractivity contribution >= 4 is 40.6 Å². The molecule has 1 fully saturated rings. The highest BCUT2D eigenvalue weighted by atomic mass is 35.5. The number of halogens is 1. The van der Waals surface area contributed by atoms with Crippen LogP contribution in [0.2, 0.25) is 0 Å². The molecule has 0 spiro atoms. The summed E-state index contributed by atoms with van der Waals surface area (Å²) in [5.41, 5.74) is 5.55. The number of piperazine rings is 1. The van der Waals surface area contributed by atoms with Crippen molar-refractivity contribution in [3.63, 3.8) is 0 Å². The Bertz CT molecular complexity index is 569. The number of carbonyl (C=O) groups excluding carboxylic acids is 2. The van der Waals surface area contributed by atoms with Gasteiger partial charge in [-0.25, -0.2) is 0 Å². The molecule has 0 aromatic carbocycles. The van der Waals surface area contributed by atoms with Gasteiger partial charge in [0.25, 0.3) is 5.91 Å². The average molecular weight is 349 g/mol. The van der Waals surface area contributed by atoms with Gasteiger partial charge in [-0.2, -0.15) is 0 Å². The smallest absolute Gasteiger partial charge is 0.324 e. The fraction of sp³-hybridized carbons (Fsp3) is 0.500. The maximum atomic E-state index is 12.2. The fourth-order valence-electron chi connectivity index (χ4n) is 2.11. The first-order valence-electron chi connectivity index (χ1n) is 6.48. The molecule has 0 unspecified atom stereocenters. The van der Waals surface area contributed by atoms with Crippen LogP contribution in [-0.4, -0.2) is 58.8 Å². The third-order valence-corrected chi connectivity index (χ3v) is 4.28. The van der Waals surface area contributed by atoms with Gasteiger partial charge in [0.2, 0.25) is 5.91 Å². The highest BCUT2D eigenvalue weighted by molar-refractivity contribution is 7.17. The van der Waals surface area contributed by atoms with Crippen LogP contribution in [0.25, 0.3) is 0 Å². The summed E-state index contributed by atoms with van der Waals surface area (Å²) < 4.78 is 0. The lowest BCUT2D eigenvalue weighted by Gasteiger charge is -2.35. The fourth-order valence-corrected chi connectivity index (χ4v) is 2.90. The Hall–Kier alpha value is -1.71. The molecule has 1 aromatic rings. The van der Waals surface area contributed by atoms with Gasteiger partial charge >= 0.3 is 5.00 Å². The second kappa shape index (κ2) is 7.52. The minimum atomic E-state index is -0.549. The van der Waals surface area contributed by atoms with Gasteiger partial charge in [0.1, 0.15) is 0 Å². The molecule has 2 amide bonds. The summed E-state index contributed by atoms with van der Waals surface area (Å²) in [7, 11) is 0. The summed E-state index contributed by atoms with van der Waals surface area (Å²) in [6.45, 7) is 3.30. The van der Waals surface area contributed by atoms with E-state index < -0.39 is 11.0 Å². The van der Waals surface area contributed by atoms with Gasteiger partial charge in [-0.15, -0.1) is 12.4 Å². The molecule has 8 nitrogen and oxygen atoms in total. The van der Waals surface area contributed by atoms with E-state index in [1.807, 2.05) is 0 Å². The molecule has 2 rings (SSSR count). The van der Waals surface area contributed by atoms with E-state index in [4.69, 9.17) is 5.73 Å². The number of nitrogens with two attached hydrogens (primary N) is 1. The normalized spacial score (nSPS) is 15.9. The minimum Gasteiger partial charge on any atom is -0.338 e. The number of amides is 2. The molecule has 2 N–H and O–H groups in total. The number of rotatable bonds is 3. The summed E-state index contributed by atoms with van der Waals surface area (Å²) in [4.78, 5) is 37.7. The zero-order chi connectivity index (χ0) is 15.6.